The summed E-state index contributed by atoms with van der Waals surface area (Å²) in [5.74, 6) is 0. The lowest BCUT2D eigenvalue weighted by Crippen LogP contribution is -2.24. The highest BCUT2D eigenvalue weighted by molar-refractivity contribution is 5.12. The molecule has 1 aliphatic rings. The van der Waals surface area contributed by atoms with Gasteiger partial charge in [-0.05, 0) is 20.5 Å². The highest BCUT2D eigenvalue weighted by atomic mass is 15.1. The van der Waals surface area contributed by atoms with E-state index in [1.165, 1.54) is 0 Å². The Bertz CT molecular complexity index is 122. The Labute approximate surface area is 56.7 Å². The second-order valence-electron chi connectivity index (χ2n) is 2.55. The molecule has 0 N–H and O–H groups in total. The Hall–Kier alpha value is -0.560. The summed E-state index contributed by atoms with van der Waals surface area (Å²) in [7, 11) is 4.18. The molecular formula is C8H13N. The summed E-state index contributed by atoms with van der Waals surface area (Å²) in [5.41, 5.74) is 0. The molecule has 9 heavy (non-hydrogen) atoms. The summed E-state index contributed by atoms with van der Waals surface area (Å²) in [6.07, 6.45) is 9.94. The van der Waals surface area contributed by atoms with Crippen LogP contribution in [0.3, 0.4) is 0 Å². The van der Waals surface area contributed by atoms with Crippen molar-refractivity contribution in [2.24, 2.45) is 0 Å². The van der Waals surface area contributed by atoms with Crippen molar-refractivity contribution in [3.63, 3.8) is 0 Å². The first-order valence-corrected chi connectivity index (χ1v) is 3.30. The molecular weight excluding hydrogens is 110 g/mol. The molecule has 0 atom stereocenters. The Morgan fingerprint density at radius 3 is 2.11 bits per heavy atom. The zero-order valence-corrected chi connectivity index (χ0v) is 6.04. The lowest BCUT2D eigenvalue weighted by atomic mass is 10.1. The van der Waals surface area contributed by atoms with Crippen molar-refractivity contribution < 1.29 is 0 Å². The van der Waals surface area contributed by atoms with E-state index in [0.29, 0.717) is 6.04 Å². The molecule has 1 rings (SSSR count). The average Bonchev–Trinajstić information content (AvgIpc) is 1.90. The SMILES string of the molecule is CN(C)C1C=CCC=C1. The quantitative estimate of drug-likeness (QED) is 0.477. The molecule has 0 bridgehead atoms. The maximum absolute atomic E-state index is 2.22. The molecule has 1 aliphatic carbocycles. The minimum atomic E-state index is 0.527. The summed E-state index contributed by atoms with van der Waals surface area (Å²) in [4.78, 5) is 2.19. The summed E-state index contributed by atoms with van der Waals surface area (Å²) < 4.78 is 0. The molecule has 1 heteroatoms. The van der Waals surface area contributed by atoms with E-state index in [1.54, 1.807) is 0 Å². The van der Waals surface area contributed by atoms with Crippen molar-refractivity contribution >= 4 is 0 Å². The number of rotatable bonds is 1. The van der Waals surface area contributed by atoms with E-state index < -0.39 is 0 Å². The third kappa shape index (κ3) is 1.68. The molecule has 0 spiro atoms. The highest BCUT2D eigenvalue weighted by Crippen LogP contribution is 2.04. The number of hydrogen-bond donors (Lipinski definition) is 0. The molecule has 0 heterocycles. The van der Waals surface area contributed by atoms with Gasteiger partial charge in [-0.15, -0.1) is 0 Å². The second-order valence-corrected chi connectivity index (χ2v) is 2.55. The van der Waals surface area contributed by atoms with Crippen LogP contribution in [0.2, 0.25) is 0 Å². The van der Waals surface area contributed by atoms with Gasteiger partial charge in [-0.3, -0.25) is 4.90 Å². The van der Waals surface area contributed by atoms with E-state index in [-0.39, 0.29) is 0 Å². The Morgan fingerprint density at radius 2 is 1.78 bits per heavy atom. The fraction of sp³-hybridized carbons (Fsp3) is 0.500. The van der Waals surface area contributed by atoms with Crippen LogP contribution in [-0.2, 0) is 0 Å². The summed E-state index contributed by atoms with van der Waals surface area (Å²) in [6.45, 7) is 0. The van der Waals surface area contributed by atoms with Crippen LogP contribution < -0.4 is 0 Å². The molecule has 0 unspecified atom stereocenters. The van der Waals surface area contributed by atoms with Crippen molar-refractivity contribution in [2.75, 3.05) is 14.1 Å². The lowest BCUT2D eigenvalue weighted by Gasteiger charge is -2.18. The number of allylic oxidation sites excluding steroid dienone is 2. The minimum Gasteiger partial charge on any atom is -0.300 e. The first-order valence-electron chi connectivity index (χ1n) is 3.30. The first-order chi connectivity index (χ1) is 4.30. The van der Waals surface area contributed by atoms with Crippen LogP contribution in [0.25, 0.3) is 0 Å². The fourth-order valence-electron chi connectivity index (χ4n) is 0.923. The number of nitrogens with zero attached hydrogens (tertiary/aromatic N) is 1. The van der Waals surface area contributed by atoms with Crippen molar-refractivity contribution in [1.29, 1.82) is 0 Å². The van der Waals surface area contributed by atoms with Crippen LogP contribution in [-0.4, -0.2) is 25.0 Å². The van der Waals surface area contributed by atoms with Gasteiger partial charge in [0, 0.05) is 6.04 Å². The van der Waals surface area contributed by atoms with Crippen molar-refractivity contribution in [3.8, 4) is 0 Å². The van der Waals surface area contributed by atoms with Crippen molar-refractivity contribution in [2.45, 2.75) is 12.5 Å². The zero-order valence-electron chi connectivity index (χ0n) is 6.04. The predicted molar refractivity (Wildman–Crippen MR) is 40.4 cm³/mol. The summed E-state index contributed by atoms with van der Waals surface area (Å²) >= 11 is 0. The van der Waals surface area contributed by atoms with Gasteiger partial charge in [0.15, 0.2) is 0 Å². The molecule has 0 aliphatic heterocycles. The Kier molecular flexibility index (Phi) is 2.06. The van der Waals surface area contributed by atoms with E-state index in [0.717, 1.165) is 6.42 Å². The van der Waals surface area contributed by atoms with Crippen molar-refractivity contribution in [3.05, 3.63) is 24.3 Å². The third-order valence-electron chi connectivity index (χ3n) is 1.53. The van der Waals surface area contributed by atoms with Crippen molar-refractivity contribution in [1.82, 2.24) is 4.90 Å². The molecule has 0 aromatic carbocycles. The van der Waals surface area contributed by atoms with Gasteiger partial charge in [-0.25, -0.2) is 0 Å². The number of likely N-dealkylation sites (N-methyl/N-ethyl adjacent to an activating group) is 1. The average molecular weight is 123 g/mol. The van der Waals surface area contributed by atoms with E-state index in [1.807, 2.05) is 0 Å². The smallest absolute Gasteiger partial charge is 0.0456 e. The van der Waals surface area contributed by atoms with Gasteiger partial charge in [-0.2, -0.15) is 0 Å². The third-order valence-corrected chi connectivity index (χ3v) is 1.53. The Balaban J connectivity index is 2.49. The van der Waals surface area contributed by atoms with Gasteiger partial charge in [0.05, 0.1) is 0 Å². The molecule has 0 radical (unpaired) electrons. The maximum Gasteiger partial charge on any atom is 0.0456 e. The van der Waals surface area contributed by atoms with Gasteiger partial charge >= 0.3 is 0 Å². The van der Waals surface area contributed by atoms with Crippen LogP contribution in [0.5, 0.6) is 0 Å². The van der Waals surface area contributed by atoms with E-state index >= 15 is 0 Å². The largest absolute Gasteiger partial charge is 0.300 e. The van der Waals surface area contributed by atoms with Gasteiger partial charge in [0.1, 0.15) is 0 Å². The molecule has 0 aromatic rings. The summed E-state index contributed by atoms with van der Waals surface area (Å²) in [6, 6.07) is 0.527. The lowest BCUT2D eigenvalue weighted by molar-refractivity contribution is 0.389. The molecule has 0 aromatic heterocycles. The molecule has 0 fully saturated rings. The van der Waals surface area contributed by atoms with Crippen LogP contribution >= 0.6 is 0 Å². The van der Waals surface area contributed by atoms with Crippen LogP contribution in [0, 0.1) is 0 Å². The fourth-order valence-corrected chi connectivity index (χ4v) is 0.923. The summed E-state index contributed by atoms with van der Waals surface area (Å²) in [5, 5.41) is 0. The van der Waals surface area contributed by atoms with Gasteiger partial charge < -0.3 is 0 Å². The molecule has 0 saturated heterocycles. The van der Waals surface area contributed by atoms with E-state index in [4.69, 9.17) is 0 Å². The van der Waals surface area contributed by atoms with Gasteiger partial charge in [-0.1, -0.05) is 24.3 Å². The van der Waals surface area contributed by atoms with Gasteiger partial charge in [0.25, 0.3) is 0 Å². The minimum absolute atomic E-state index is 0.527. The van der Waals surface area contributed by atoms with Crippen LogP contribution in [0.1, 0.15) is 6.42 Å². The molecule has 1 nitrogen and oxygen atoms in total. The Morgan fingerprint density at radius 1 is 1.22 bits per heavy atom. The zero-order chi connectivity index (χ0) is 6.69. The van der Waals surface area contributed by atoms with Crippen LogP contribution in [0.15, 0.2) is 24.3 Å². The van der Waals surface area contributed by atoms with Gasteiger partial charge in [0.2, 0.25) is 0 Å². The molecule has 0 saturated carbocycles. The maximum atomic E-state index is 2.22. The number of hydrogen-bond acceptors (Lipinski definition) is 1. The first kappa shape index (κ1) is 6.56. The molecule has 0 amide bonds. The second kappa shape index (κ2) is 2.83. The normalized spacial score (nSPS) is 19.4. The highest BCUT2D eigenvalue weighted by Gasteiger charge is 2.02. The standard InChI is InChI=1S/C8H13N/c1-9(2)8-6-4-3-5-7-8/h4-8H,3H2,1-2H3. The topological polar surface area (TPSA) is 3.24 Å². The predicted octanol–water partition coefficient (Wildman–Crippen LogP) is 1.43. The monoisotopic (exact) mass is 123 g/mol. The van der Waals surface area contributed by atoms with E-state index in [9.17, 15) is 0 Å². The van der Waals surface area contributed by atoms with E-state index in [2.05, 4.69) is 43.3 Å². The van der Waals surface area contributed by atoms with Crippen LogP contribution in [0.4, 0.5) is 0 Å². The molecule has 50 valence electrons.